The van der Waals surface area contributed by atoms with Crippen LogP contribution in [-0.2, 0) is 4.74 Å². The predicted molar refractivity (Wildman–Crippen MR) is 80.8 cm³/mol. The van der Waals surface area contributed by atoms with Crippen LogP contribution in [0, 0.1) is 5.92 Å². The number of hydrogen-bond donors (Lipinski definition) is 3. The summed E-state index contributed by atoms with van der Waals surface area (Å²) in [6, 6.07) is 1.60. The highest BCUT2D eigenvalue weighted by molar-refractivity contribution is 6.37. The zero-order valence-electron chi connectivity index (χ0n) is 11.2. The van der Waals surface area contributed by atoms with Crippen molar-refractivity contribution in [3.63, 3.8) is 0 Å². The molecule has 0 fully saturated rings. The predicted octanol–water partition coefficient (Wildman–Crippen LogP) is 3.15. The Morgan fingerprint density at radius 1 is 1.32 bits per heavy atom. The van der Waals surface area contributed by atoms with Crippen LogP contribution in [0.15, 0.2) is 6.07 Å². The topological polar surface area (TPSA) is 72.2 Å². The number of hydrogen-bond acceptors (Lipinski definition) is 5. The molecule has 1 aromatic rings. The molecule has 1 rings (SSSR count). The maximum atomic E-state index is 6.03. The summed E-state index contributed by atoms with van der Waals surface area (Å²) in [7, 11) is 0. The molecule has 4 N–H and O–H groups in total. The van der Waals surface area contributed by atoms with Gasteiger partial charge in [0, 0.05) is 19.8 Å². The highest BCUT2D eigenvalue weighted by Gasteiger charge is 2.07. The molecule has 0 radical (unpaired) electrons. The molecule has 0 saturated carbocycles. The van der Waals surface area contributed by atoms with E-state index in [9.17, 15) is 0 Å². The van der Waals surface area contributed by atoms with Crippen LogP contribution >= 0.6 is 23.2 Å². The Bertz CT molecular complexity index is 402. The van der Waals surface area contributed by atoms with Crippen molar-refractivity contribution in [1.29, 1.82) is 0 Å². The standard InChI is InChI=1S/C12H20Cl2N4O/c1-8(2)7-19-5-3-4-16-11-9(13)6-10(14)12(17-11)18-15/h6,8H,3-5,7,15H2,1-2H3,(H2,16,17,18). The monoisotopic (exact) mass is 306 g/mol. The first-order valence-corrected chi connectivity index (χ1v) is 6.94. The first-order chi connectivity index (χ1) is 9.04. The zero-order chi connectivity index (χ0) is 14.3. The largest absolute Gasteiger partial charge is 0.381 e. The van der Waals surface area contributed by atoms with E-state index in [2.05, 4.69) is 29.6 Å². The van der Waals surface area contributed by atoms with Gasteiger partial charge in [-0.25, -0.2) is 10.8 Å². The van der Waals surface area contributed by atoms with E-state index in [1.54, 1.807) is 6.07 Å². The van der Waals surface area contributed by atoms with Crippen LogP contribution < -0.4 is 16.6 Å². The van der Waals surface area contributed by atoms with Gasteiger partial charge in [0.15, 0.2) is 5.82 Å². The van der Waals surface area contributed by atoms with Crippen LogP contribution in [0.1, 0.15) is 20.3 Å². The molecule has 0 aliphatic carbocycles. The van der Waals surface area contributed by atoms with Crippen molar-refractivity contribution in [2.45, 2.75) is 20.3 Å². The normalized spacial score (nSPS) is 10.8. The highest BCUT2D eigenvalue weighted by Crippen LogP contribution is 2.28. The SMILES string of the molecule is CC(C)COCCCNc1nc(NN)c(Cl)cc1Cl. The second-order valence-corrected chi connectivity index (χ2v) is 5.36. The van der Waals surface area contributed by atoms with Gasteiger partial charge in [-0.15, -0.1) is 0 Å². The van der Waals surface area contributed by atoms with E-state index < -0.39 is 0 Å². The molecule has 19 heavy (non-hydrogen) atoms. The van der Waals surface area contributed by atoms with E-state index in [1.807, 2.05) is 0 Å². The van der Waals surface area contributed by atoms with Gasteiger partial charge in [-0.05, 0) is 18.4 Å². The third-order valence-electron chi connectivity index (χ3n) is 2.28. The zero-order valence-corrected chi connectivity index (χ0v) is 12.7. The molecule has 108 valence electrons. The van der Waals surface area contributed by atoms with Gasteiger partial charge < -0.3 is 15.5 Å². The maximum absolute atomic E-state index is 6.03. The quantitative estimate of drug-likeness (QED) is 0.391. The van der Waals surface area contributed by atoms with Crippen molar-refractivity contribution < 1.29 is 4.74 Å². The Hall–Kier alpha value is -0.750. The van der Waals surface area contributed by atoms with E-state index in [4.69, 9.17) is 33.8 Å². The number of nitrogen functional groups attached to an aromatic ring is 1. The summed E-state index contributed by atoms with van der Waals surface area (Å²) in [6.07, 6.45) is 0.874. The average Bonchev–Trinajstić information content (AvgIpc) is 2.35. The number of anilines is 2. The van der Waals surface area contributed by atoms with E-state index in [1.165, 1.54) is 0 Å². The van der Waals surface area contributed by atoms with E-state index >= 15 is 0 Å². The number of aromatic nitrogens is 1. The van der Waals surface area contributed by atoms with Crippen molar-refractivity contribution in [2.24, 2.45) is 11.8 Å². The van der Waals surface area contributed by atoms with Gasteiger partial charge in [0.25, 0.3) is 0 Å². The lowest BCUT2D eigenvalue weighted by molar-refractivity contribution is 0.110. The van der Waals surface area contributed by atoms with Crippen molar-refractivity contribution in [3.8, 4) is 0 Å². The summed E-state index contributed by atoms with van der Waals surface area (Å²) in [6.45, 7) is 6.45. The molecule has 0 aliphatic heterocycles. The van der Waals surface area contributed by atoms with Crippen LogP contribution in [-0.4, -0.2) is 24.7 Å². The summed E-state index contributed by atoms with van der Waals surface area (Å²) in [4.78, 5) is 4.18. The maximum Gasteiger partial charge on any atom is 0.161 e. The number of nitrogens with one attached hydrogen (secondary N) is 2. The van der Waals surface area contributed by atoms with Crippen LogP contribution in [0.3, 0.4) is 0 Å². The lowest BCUT2D eigenvalue weighted by atomic mass is 10.2. The van der Waals surface area contributed by atoms with Crippen molar-refractivity contribution in [3.05, 3.63) is 16.1 Å². The number of pyridine rings is 1. The molecule has 0 aliphatic rings. The molecule has 0 saturated heterocycles. The van der Waals surface area contributed by atoms with Gasteiger partial charge in [0.05, 0.1) is 10.0 Å². The van der Waals surface area contributed by atoms with Crippen molar-refractivity contribution in [1.82, 2.24) is 4.98 Å². The minimum Gasteiger partial charge on any atom is -0.381 e. The summed E-state index contributed by atoms with van der Waals surface area (Å²) in [5, 5.41) is 3.98. The fraction of sp³-hybridized carbons (Fsp3) is 0.583. The Kier molecular flexibility index (Phi) is 7.23. The number of nitrogens with two attached hydrogens (primary N) is 1. The molecule has 5 nitrogen and oxygen atoms in total. The van der Waals surface area contributed by atoms with E-state index in [-0.39, 0.29) is 0 Å². The van der Waals surface area contributed by atoms with Crippen LogP contribution in [0.5, 0.6) is 0 Å². The molecule has 1 aromatic heterocycles. The minimum atomic E-state index is 0.387. The molecule has 7 heteroatoms. The van der Waals surface area contributed by atoms with Gasteiger partial charge in [0.2, 0.25) is 0 Å². The molecular weight excluding hydrogens is 287 g/mol. The van der Waals surface area contributed by atoms with Crippen LogP contribution in [0.25, 0.3) is 0 Å². The summed E-state index contributed by atoms with van der Waals surface area (Å²) < 4.78 is 5.48. The number of rotatable bonds is 8. The second kappa shape index (κ2) is 8.43. The molecular formula is C12H20Cl2N4O. The lowest BCUT2D eigenvalue weighted by Crippen LogP contribution is -2.12. The molecule has 0 unspecified atom stereocenters. The highest BCUT2D eigenvalue weighted by atomic mass is 35.5. The average molecular weight is 307 g/mol. The molecule has 0 amide bonds. The fourth-order valence-electron chi connectivity index (χ4n) is 1.39. The number of halogens is 2. The lowest BCUT2D eigenvalue weighted by Gasteiger charge is -2.11. The third kappa shape index (κ3) is 5.82. The smallest absolute Gasteiger partial charge is 0.161 e. The van der Waals surface area contributed by atoms with Crippen LogP contribution in [0.2, 0.25) is 10.0 Å². The third-order valence-corrected chi connectivity index (χ3v) is 2.85. The molecule has 0 aromatic carbocycles. The molecule has 0 atom stereocenters. The van der Waals surface area contributed by atoms with E-state index in [0.717, 1.165) is 19.6 Å². The van der Waals surface area contributed by atoms with Crippen LogP contribution in [0.4, 0.5) is 11.6 Å². The van der Waals surface area contributed by atoms with Gasteiger partial charge in [-0.3, -0.25) is 0 Å². The Morgan fingerprint density at radius 2 is 2.00 bits per heavy atom. The van der Waals surface area contributed by atoms with Gasteiger partial charge >= 0.3 is 0 Å². The van der Waals surface area contributed by atoms with Gasteiger partial charge in [0.1, 0.15) is 5.82 Å². The van der Waals surface area contributed by atoms with Gasteiger partial charge in [-0.1, -0.05) is 37.0 Å². The van der Waals surface area contributed by atoms with Crippen molar-refractivity contribution >= 4 is 34.8 Å². The number of hydrazine groups is 1. The van der Waals surface area contributed by atoms with Crippen molar-refractivity contribution in [2.75, 3.05) is 30.5 Å². The summed E-state index contributed by atoms with van der Waals surface area (Å²) in [5.41, 5.74) is 2.42. The van der Waals surface area contributed by atoms with Gasteiger partial charge in [-0.2, -0.15) is 0 Å². The molecule has 1 heterocycles. The Morgan fingerprint density at radius 3 is 2.63 bits per heavy atom. The Balaban J connectivity index is 2.37. The number of nitrogens with zero attached hydrogens (tertiary/aromatic N) is 1. The van der Waals surface area contributed by atoms with E-state index in [0.29, 0.717) is 34.2 Å². The molecule has 0 spiro atoms. The first kappa shape index (κ1) is 16.3. The minimum absolute atomic E-state index is 0.387. The fourth-order valence-corrected chi connectivity index (χ4v) is 1.87. The second-order valence-electron chi connectivity index (χ2n) is 4.54. The first-order valence-electron chi connectivity index (χ1n) is 6.19. The number of ether oxygens (including phenoxy) is 1. The molecule has 0 bridgehead atoms. The Labute approximate surface area is 123 Å². The summed E-state index contributed by atoms with van der Waals surface area (Å²) >= 11 is 11.9. The summed E-state index contributed by atoms with van der Waals surface area (Å²) in [5.74, 6) is 6.81.